The Morgan fingerprint density at radius 2 is 2.11 bits per heavy atom. The number of aromatic nitrogens is 1. The van der Waals surface area contributed by atoms with Crippen molar-refractivity contribution >= 4 is 17.3 Å². The Morgan fingerprint density at radius 1 is 1.33 bits per heavy atom. The summed E-state index contributed by atoms with van der Waals surface area (Å²) in [6, 6.07) is 9.61. The summed E-state index contributed by atoms with van der Waals surface area (Å²) < 4.78 is 5.54. The van der Waals surface area contributed by atoms with Gasteiger partial charge in [-0.05, 0) is 18.6 Å². The lowest BCUT2D eigenvalue weighted by molar-refractivity contribution is 0.0691. The molecule has 18 heavy (non-hydrogen) atoms. The van der Waals surface area contributed by atoms with Crippen LogP contribution in [0.3, 0.4) is 0 Å². The second-order valence-electron chi connectivity index (χ2n) is 3.70. The lowest BCUT2D eigenvalue weighted by atomic mass is 10.3. The minimum absolute atomic E-state index is 0.124. The molecule has 0 aliphatic rings. The number of carboxylic acid groups (broad SMARTS) is 1. The molecule has 5 heteroatoms. The molecule has 0 unspecified atom stereocenters. The van der Waals surface area contributed by atoms with E-state index < -0.39 is 5.97 Å². The number of benzene rings is 1. The number of aromatic carboxylic acids is 1. The lowest BCUT2D eigenvalue weighted by Crippen LogP contribution is -2.00. The highest BCUT2D eigenvalue weighted by atomic mass is 32.1. The van der Waals surface area contributed by atoms with Crippen molar-refractivity contribution in [2.75, 3.05) is 6.61 Å². The van der Waals surface area contributed by atoms with Crippen molar-refractivity contribution in [1.82, 2.24) is 4.98 Å². The van der Waals surface area contributed by atoms with Crippen LogP contribution in [0.25, 0.3) is 0 Å². The van der Waals surface area contributed by atoms with Gasteiger partial charge in [0.05, 0.1) is 11.6 Å². The third-order valence-corrected chi connectivity index (χ3v) is 3.23. The molecule has 94 valence electrons. The Hall–Kier alpha value is -1.88. The summed E-state index contributed by atoms with van der Waals surface area (Å²) in [7, 11) is 0. The van der Waals surface area contributed by atoms with Crippen LogP contribution in [0.15, 0.2) is 35.7 Å². The monoisotopic (exact) mass is 263 g/mol. The smallest absolute Gasteiger partial charge is 0.355 e. The largest absolute Gasteiger partial charge is 0.494 e. The van der Waals surface area contributed by atoms with Crippen LogP contribution >= 0.6 is 11.3 Å². The van der Waals surface area contributed by atoms with Gasteiger partial charge in [0.2, 0.25) is 0 Å². The third-order valence-electron chi connectivity index (χ3n) is 2.32. The molecule has 0 saturated heterocycles. The fourth-order valence-corrected chi connectivity index (χ4v) is 2.27. The van der Waals surface area contributed by atoms with Gasteiger partial charge in [0.25, 0.3) is 0 Å². The molecule has 1 aromatic heterocycles. The Morgan fingerprint density at radius 3 is 2.78 bits per heavy atom. The van der Waals surface area contributed by atoms with Gasteiger partial charge in [-0.25, -0.2) is 9.78 Å². The van der Waals surface area contributed by atoms with Crippen LogP contribution in [0.4, 0.5) is 0 Å². The van der Waals surface area contributed by atoms with Gasteiger partial charge in [0.1, 0.15) is 5.75 Å². The van der Waals surface area contributed by atoms with Crippen LogP contribution in [-0.4, -0.2) is 22.7 Å². The van der Waals surface area contributed by atoms with Crippen LogP contribution in [0.1, 0.15) is 21.9 Å². The minimum Gasteiger partial charge on any atom is -0.494 e. The maximum atomic E-state index is 10.6. The van der Waals surface area contributed by atoms with Crippen molar-refractivity contribution in [3.05, 3.63) is 46.4 Å². The highest BCUT2D eigenvalue weighted by Crippen LogP contribution is 2.13. The van der Waals surface area contributed by atoms with Crippen molar-refractivity contribution in [1.29, 1.82) is 0 Å². The Kier molecular flexibility index (Phi) is 4.30. The first kappa shape index (κ1) is 12.6. The Labute approximate surface area is 109 Å². The topological polar surface area (TPSA) is 59.4 Å². The van der Waals surface area contributed by atoms with Gasteiger partial charge in [-0.1, -0.05) is 18.2 Å². The van der Waals surface area contributed by atoms with Gasteiger partial charge < -0.3 is 9.84 Å². The maximum Gasteiger partial charge on any atom is 0.355 e. The molecule has 2 aromatic rings. The minimum atomic E-state index is -0.974. The van der Waals surface area contributed by atoms with E-state index in [0.717, 1.165) is 23.6 Å². The highest BCUT2D eigenvalue weighted by Gasteiger charge is 2.07. The van der Waals surface area contributed by atoms with E-state index >= 15 is 0 Å². The quantitative estimate of drug-likeness (QED) is 0.814. The normalized spacial score (nSPS) is 10.2. The molecule has 2 rings (SSSR count). The van der Waals surface area contributed by atoms with Crippen molar-refractivity contribution in [2.45, 2.75) is 12.8 Å². The number of ether oxygens (including phenoxy) is 1. The number of carboxylic acids is 1. The zero-order valence-corrected chi connectivity index (χ0v) is 10.5. The number of nitrogens with zero attached hydrogens (tertiary/aromatic N) is 1. The molecule has 0 amide bonds. The molecule has 0 fully saturated rings. The van der Waals surface area contributed by atoms with E-state index in [1.54, 1.807) is 5.38 Å². The van der Waals surface area contributed by atoms with Gasteiger partial charge in [0, 0.05) is 11.8 Å². The van der Waals surface area contributed by atoms with Crippen LogP contribution in [0.5, 0.6) is 5.75 Å². The van der Waals surface area contributed by atoms with Crippen molar-refractivity contribution < 1.29 is 14.6 Å². The zero-order valence-electron chi connectivity index (χ0n) is 9.70. The number of rotatable bonds is 6. The second-order valence-corrected chi connectivity index (χ2v) is 4.64. The predicted octanol–water partition coefficient (Wildman–Crippen LogP) is 2.85. The van der Waals surface area contributed by atoms with Crippen molar-refractivity contribution in [3.8, 4) is 5.75 Å². The summed E-state index contributed by atoms with van der Waals surface area (Å²) in [6.45, 7) is 0.603. The fraction of sp³-hybridized carbons (Fsp3) is 0.231. The van der Waals surface area contributed by atoms with E-state index in [4.69, 9.17) is 9.84 Å². The van der Waals surface area contributed by atoms with Gasteiger partial charge in [-0.3, -0.25) is 0 Å². The second kappa shape index (κ2) is 6.16. The summed E-state index contributed by atoms with van der Waals surface area (Å²) in [6.07, 6.45) is 1.56. The molecule has 1 N–H and O–H groups in total. The molecule has 0 atom stereocenters. The first-order chi connectivity index (χ1) is 8.75. The standard InChI is InChI=1S/C13H13NO3S/c15-13(16)11-9-18-12(14-11)7-4-8-17-10-5-2-1-3-6-10/h1-3,5-6,9H,4,7-8H2,(H,15,16). The molecule has 0 aliphatic carbocycles. The summed E-state index contributed by atoms with van der Waals surface area (Å²) in [5, 5.41) is 11.1. The van der Waals surface area contributed by atoms with Crippen molar-refractivity contribution in [2.24, 2.45) is 0 Å². The van der Waals surface area contributed by atoms with Crippen LogP contribution in [0.2, 0.25) is 0 Å². The molecule has 0 bridgehead atoms. The van der Waals surface area contributed by atoms with Gasteiger partial charge in [-0.15, -0.1) is 11.3 Å². The van der Waals surface area contributed by atoms with Crippen LogP contribution in [0, 0.1) is 0 Å². The molecule has 1 heterocycles. The average Bonchev–Trinajstić information content (AvgIpc) is 2.85. The molecule has 1 aromatic carbocycles. The number of aryl methyl sites for hydroxylation is 1. The number of hydrogen-bond acceptors (Lipinski definition) is 4. The van der Waals surface area contributed by atoms with E-state index in [9.17, 15) is 4.79 Å². The van der Waals surface area contributed by atoms with Crippen LogP contribution in [-0.2, 0) is 6.42 Å². The van der Waals surface area contributed by atoms with Crippen molar-refractivity contribution in [3.63, 3.8) is 0 Å². The molecule has 0 saturated carbocycles. The first-order valence-corrected chi connectivity index (χ1v) is 6.49. The number of para-hydroxylation sites is 1. The molecule has 0 radical (unpaired) electrons. The number of thiazole rings is 1. The number of carbonyl (C=O) groups is 1. The van der Waals surface area contributed by atoms with E-state index in [-0.39, 0.29) is 5.69 Å². The zero-order chi connectivity index (χ0) is 12.8. The summed E-state index contributed by atoms with van der Waals surface area (Å²) in [5.41, 5.74) is 0.124. The molecular formula is C13H13NO3S. The molecular weight excluding hydrogens is 250 g/mol. The molecule has 0 spiro atoms. The Balaban J connectivity index is 1.73. The summed E-state index contributed by atoms with van der Waals surface area (Å²) >= 11 is 1.38. The van der Waals surface area contributed by atoms with Gasteiger partial charge in [-0.2, -0.15) is 0 Å². The van der Waals surface area contributed by atoms with Gasteiger partial charge in [0.15, 0.2) is 5.69 Å². The van der Waals surface area contributed by atoms with Gasteiger partial charge >= 0.3 is 5.97 Å². The van der Waals surface area contributed by atoms with E-state index in [2.05, 4.69) is 4.98 Å². The maximum absolute atomic E-state index is 10.6. The summed E-state index contributed by atoms with van der Waals surface area (Å²) in [4.78, 5) is 14.7. The Bertz CT molecular complexity index is 510. The highest BCUT2D eigenvalue weighted by molar-refractivity contribution is 7.09. The van der Waals surface area contributed by atoms with E-state index in [1.165, 1.54) is 11.3 Å². The van der Waals surface area contributed by atoms with E-state index in [0.29, 0.717) is 6.61 Å². The SMILES string of the molecule is O=C(O)c1csc(CCCOc2ccccc2)n1. The molecule has 4 nitrogen and oxygen atoms in total. The fourth-order valence-electron chi connectivity index (χ4n) is 1.45. The summed E-state index contributed by atoms with van der Waals surface area (Å²) in [5.74, 6) is -0.124. The first-order valence-electron chi connectivity index (χ1n) is 5.61. The lowest BCUT2D eigenvalue weighted by Gasteiger charge is -2.04. The van der Waals surface area contributed by atoms with Crippen LogP contribution < -0.4 is 4.74 Å². The average molecular weight is 263 g/mol. The third kappa shape index (κ3) is 3.56. The predicted molar refractivity (Wildman–Crippen MR) is 69.3 cm³/mol. The molecule has 0 aliphatic heterocycles. The van der Waals surface area contributed by atoms with E-state index in [1.807, 2.05) is 30.3 Å². The number of hydrogen-bond donors (Lipinski definition) is 1.